The van der Waals surface area contributed by atoms with Gasteiger partial charge in [-0.1, -0.05) is 5.16 Å². The molecule has 0 aliphatic carbocycles. The standard InChI is InChI=1S/C20H16N4O5/c25-20(22-19-5-6-21-24(19)12-14-2-1-7-26-14)15-11-17(29-23-15)13-3-4-16-18(10-13)28-9-8-27-16/h1-7,10-11H,8-9,12H2,(H,22,25). The van der Waals surface area contributed by atoms with Crippen molar-refractivity contribution in [2.45, 2.75) is 6.54 Å². The van der Waals surface area contributed by atoms with Gasteiger partial charge >= 0.3 is 0 Å². The summed E-state index contributed by atoms with van der Waals surface area (Å²) in [7, 11) is 0. The van der Waals surface area contributed by atoms with Crippen LogP contribution < -0.4 is 14.8 Å². The van der Waals surface area contributed by atoms with Gasteiger partial charge in [0, 0.05) is 17.7 Å². The Balaban J connectivity index is 1.32. The van der Waals surface area contributed by atoms with Gasteiger partial charge in [0.2, 0.25) is 0 Å². The average Bonchev–Trinajstić information content (AvgIpc) is 3.51. The van der Waals surface area contributed by atoms with Gasteiger partial charge in [-0.25, -0.2) is 4.68 Å². The molecule has 0 bridgehead atoms. The van der Waals surface area contributed by atoms with Crippen LogP contribution in [0.25, 0.3) is 11.3 Å². The number of hydrogen-bond donors (Lipinski definition) is 1. The second-order valence-corrected chi connectivity index (χ2v) is 6.34. The van der Waals surface area contributed by atoms with Crippen LogP contribution in [0.15, 0.2) is 63.9 Å². The van der Waals surface area contributed by atoms with E-state index >= 15 is 0 Å². The number of ether oxygens (including phenoxy) is 2. The van der Waals surface area contributed by atoms with Gasteiger partial charge in [-0.3, -0.25) is 4.79 Å². The summed E-state index contributed by atoms with van der Waals surface area (Å²) in [5.74, 6) is 2.62. The maximum atomic E-state index is 12.6. The molecule has 0 fully saturated rings. The van der Waals surface area contributed by atoms with E-state index in [9.17, 15) is 4.79 Å². The van der Waals surface area contributed by atoms with Crippen LogP contribution in [0, 0.1) is 0 Å². The largest absolute Gasteiger partial charge is 0.486 e. The van der Waals surface area contributed by atoms with Crippen LogP contribution in [0.1, 0.15) is 16.2 Å². The molecule has 146 valence electrons. The number of aromatic nitrogens is 3. The molecule has 3 aromatic heterocycles. The van der Waals surface area contributed by atoms with E-state index in [0.29, 0.717) is 42.8 Å². The van der Waals surface area contributed by atoms with Gasteiger partial charge in [0.1, 0.15) is 31.3 Å². The van der Waals surface area contributed by atoms with Crippen molar-refractivity contribution in [2.24, 2.45) is 0 Å². The zero-order valence-electron chi connectivity index (χ0n) is 15.2. The van der Waals surface area contributed by atoms with E-state index in [2.05, 4.69) is 15.6 Å². The van der Waals surface area contributed by atoms with Crippen LogP contribution in [0.3, 0.4) is 0 Å². The van der Waals surface area contributed by atoms with E-state index in [1.54, 1.807) is 47.5 Å². The first-order chi connectivity index (χ1) is 14.3. The highest BCUT2D eigenvalue weighted by atomic mass is 16.6. The molecule has 9 heteroatoms. The Morgan fingerprint density at radius 3 is 2.86 bits per heavy atom. The van der Waals surface area contributed by atoms with Crippen molar-refractivity contribution in [2.75, 3.05) is 18.5 Å². The first-order valence-corrected chi connectivity index (χ1v) is 8.98. The van der Waals surface area contributed by atoms with Crippen LogP contribution in [-0.2, 0) is 6.54 Å². The maximum Gasteiger partial charge on any atom is 0.279 e. The molecule has 5 rings (SSSR count). The molecule has 0 saturated heterocycles. The fraction of sp³-hybridized carbons (Fsp3) is 0.150. The van der Waals surface area contributed by atoms with Gasteiger partial charge in [0.15, 0.2) is 23.0 Å². The van der Waals surface area contributed by atoms with E-state index in [1.807, 2.05) is 12.1 Å². The van der Waals surface area contributed by atoms with Crippen molar-refractivity contribution in [3.63, 3.8) is 0 Å². The van der Waals surface area contributed by atoms with Gasteiger partial charge in [0.25, 0.3) is 5.91 Å². The quantitative estimate of drug-likeness (QED) is 0.556. The Bertz CT molecular complexity index is 1150. The lowest BCUT2D eigenvalue weighted by Gasteiger charge is -2.18. The Hall–Kier alpha value is -4.01. The molecule has 1 N–H and O–H groups in total. The number of anilines is 1. The van der Waals surface area contributed by atoms with Crippen LogP contribution in [0.4, 0.5) is 5.82 Å². The van der Waals surface area contributed by atoms with E-state index in [1.165, 1.54) is 0 Å². The Morgan fingerprint density at radius 2 is 2.00 bits per heavy atom. The molecular weight excluding hydrogens is 376 g/mol. The minimum atomic E-state index is -0.404. The van der Waals surface area contributed by atoms with Crippen molar-refractivity contribution in [1.82, 2.24) is 14.9 Å². The molecule has 0 unspecified atom stereocenters. The molecule has 4 heterocycles. The number of carbonyl (C=O) groups is 1. The third kappa shape index (κ3) is 3.45. The average molecular weight is 392 g/mol. The highest BCUT2D eigenvalue weighted by Gasteiger charge is 2.18. The minimum Gasteiger partial charge on any atom is -0.486 e. The number of nitrogens with one attached hydrogen (secondary N) is 1. The first kappa shape index (κ1) is 17.1. The molecule has 1 aromatic carbocycles. The molecule has 29 heavy (non-hydrogen) atoms. The topological polar surface area (TPSA) is 105 Å². The lowest BCUT2D eigenvalue weighted by Crippen LogP contribution is -2.16. The number of nitrogens with zero attached hydrogens (tertiary/aromatic N) is 3. The van der Waals surface area contributed by atoms with Crippen LogP contribution in [0.5, 0.6) is 11.5 Å². The summed E-state index contributed by atoms with van der Waals surface area (Å²) >= 11 is 0. The third-order valence-electron chi connectivity index (χ3n) is 4.41. The summed E-state index contributed by atoms with van der Waals surface area (Å²) in [4.78, 5) is 12.6. The van der Waals surface area contributed by atoms with E-state index in [-0.39, 0.29) is 5.69 Å². The molecular formula is C20H16N4O5. The van der Waals surface area contributed by atoms with E-state index in [4.69, 9.17) is 18.4 Å². The summed E-state index contributed by atoms with van der Waals surface area (Å²) in [5.41, 5.74) is 0.893. The summed E-state index contributed by atoms with van der Waals surface area (Å²) < 4.78 is 23.4. The molecule has 0 spiro atoms. The minimum absolute atomic E-state index is 0.153. The normalized spacial score (nSPS) is 12.7. The van der Waals surface area contributed by atoms with Crippen molar-refractivity contribution >= 4 is 11.7 Å². The monoisotopic (exact) mass is 392 g/mol. The van der Waals surface area contributed by atoms with Gasteiger partial charge < -0.3 is 23.7 Å². The van der Waals surface area contributed by atoms with Gasteiger partial charge in [-0.05, 0) is 30.3 Å². The number of carbonyl (C=O) groups excluding carboxylic acids is 1. The van der Waals surface area contributed by atoms with Crippen molar-refractivity contribution < 1.29 is 23.2 Å². The predicted molar refractivity (Wildman–Crippen MR) is 101 cm³/mol. The Labute approximate surface area is 164 Å². The summed E-state index contributed by atoms with van der Waals surface area (Å²) in [5, 5.41) is 10.9. The Kier molecular flexibility index (Phi) is 4.24. The molecule has 0 radical (unpaired) electrons. The molecule has 1 aliphatic heterocycles. The number of benzene rings is 1. The van der Waals surface area contributed by atoms with Crippen molar-refractivity contribution in [3.8, 4) is 22.8 Å². The fourth-order valence-electron chi connectivity index (χ4n) is 3.01. The number of amides is 1. The molecule has 9 nitrogen and oxygen atoms in total. The van der Waals surface area contributed by atoms with E-state index in [0.717, 1.165) is 11.3 Å². The van der Waals surface area contributed by atoms with Crippen molar-refractivity contribution in [1.29, 1.82) is 0 Å². The van der Waals surface area contributed by atoms with Crippen molar-refractivity contribution in [3.05, 3.63) is 66.4 Å². The molecule has 0 saturated carbocycles. The van der Waals surface area contributed by atoms with Gasteiger partial charge in [-0.15, -0.1) is 0 Å². The van der Waals surface area contributed by atoms with Crippen LogP contribution >= 0.6 is 0 Å². The lowest BCUT2D eigenvalue weighted by atomic mass is 10.1. The fourth-order valence-corrected chi connectivity index (χ4v) is 3.01. The third-order valence-corrected chi connectivity index (χ3v) is 4.41. The summed E-state index contributed by atoms with van der Waals surface area (Å²) in [6, 6.07) is 12.3. The van der Waals surface area contributed by atoms with Crippen LogP contribution in [-0.4, -0.2) is 34.1 Å². The first-order valence-electron chi connectivity index (χ1n) is 8.98. The van der Waals surface area contributed by atoms with Gasteiger partial charge in [-0.2, -0.15) is 5.10 Å². The maximum absolute atomic E-state index is 12.6. The second-order valence-electron chi connectivity index (χ2n) is 6.34. The highest BCUT2D eigenvalue weighted by molar-refractivity contribution is 6.02. The summed E-state index contributed by atoms with van der Waals surface area (Å²) in [6.07, 6.45) is 3.19. The zero-order chi connectivity index (χ0) is 19.6. The number of fused-ring (bicyclic) bond motifs is 1. The molecule has 4 aromatic rings. The summed E-state index contributed by atoms with van der Waals surface area (Å²) in [6.45, 7) is 1.42. The zero-order valence-corrected chi connectivity index (χ0v) is 15.2. The number of rotatable bonds is 5. The Morgan fingerprint density at radius 1 is 1.10 bits per heavy atom. The highest BCUT2D eigenvalue weighted by Crippen LogP contribution is 2.34. The smallest absolute Gasteiger partial charge is 0.279 e. The SMILES string of the molecule is O=C(Nc1ccnn1Cc1ccco1)c1cc(-c2ccc3c(c2)OCCO3)on1. The molecule has 1 amide bonds. The molecule has 1 aliphatic rings. The van der Waals surface area contributed by atoms with E-state index < -0.39 is 5.91 Å². The number of hydrogen-bond acceptors (Lipinski definition) is 7. The molecule has 0 atom stereocenters. The number of furan rings is 1. The van der Waals surface area contributed by atoms with Gasteiger partial charge in [0.05, 0.1) is 12.5 Å². The predicted octanol–water partition coefficient (Wildman–Crippen LogP) is 3.20. The second kappa shape index (κ2) is 7.19. The van der Waals surface area contributed by atoms with Crippen LogP contribution in [0.2, 0.25) is 0 Å². The lowest BCUT2D eigenvalue weighted by molar-refractivity contribution is 0.101.